The minimum atomic E-state index is -0.0696. The average Bonchev–Trinajstić information content (AvgIpc) is 3.94. The van der Waals surface area contributed by atoms with Gasteiger partial charge in [0, 0.05) is 105 Å². The van der Waals surface area contributed by atoms with Crippen molar-refractivity contribution in [2.45, 2.75) is 196 Å². The Morgan fingerprint density at radius 1 is 0.261 bits per heavy atom. The molecule has 6 nitrogen and oxygen atoms in total. The van der Waals surface area contributed by atoms with Crippen LogP contribution >= 0.6 is 0 Å². The van der Waals surface area contributed by atoms with E-state index >= 15 is 14.4 Å². The molecule has 7 rings (SSSR count). The molecule has 372 valence electrons. The first-order valence-corrected chi connectivity index (χ1v) is 28.4. The zero-order valence-electron chi connectivity index (χ0n) is 44.0. The van der Waals surface area contributed by atoms with E-state index in [1.165, 1.54) is 116 Å². The number of nitrogens with zero attached hydrogens (tertiary/aromatic N) is 3. The van der Waals surface area contributed by atoms with E-state index in [9.17, 15) is 0 Å². The van der Waals surface area contributed by atoms with E-state index in [0.717, 1.165) is 127 Å². The van der Waals surface area contributed by atoms with Crippen LogP contribution in [0.5, 0.6) is 0 Å². The molecule has 0 saturated heterocycles. The van der Waals surface area contributed by atoms with Gasteiger partial charge in [-0.1, -0.05) is 157 Å². The van der Waals surface area contributed by atoms with Gasteiger partial charge >= 0.3 is 0 Å². The highest BCUT2D eigenvalue weighted by atomic mass is 16.1. The summed E-state index contributed by atoms with van der Waals surface area (Å²) in [5.41, 5.74) is 3.14. The molecule has 0 spiro atoms. The van der Waals surface area contributed by atoms with Crippen molar-refractivity contribution < 1.29 is 0 Å². The van der Waals surface area contributed by atoms with Crippen molar-refractivity contribution in [1.82, 2.24) is 0 Å². The van der Waals surface area contributed by atoms with Gasteiger partial charge in [0.25, 0.3) is 0 Å². The molecule has 6 heteroatoms. The number of fused-ring (bicyclic) bond motifs is 12. The summed E-state index contributed by atoms with van der Waals surface area (Å²) in [5.74, 6) is 0. The van der Waals surface area contributed by atoms with Gasteiger partial charge in [-0.05, 0) is 109 Å². The van der Waals surface area contributed by atoms with Gasteiger partial charge in [0.05, 0.1) is 0 Å². The number of anilines is 3. The highest BCUT2D eigenvalue weighted by Gasteiger charge is 2.28. The van der Waals surface area contributed by atoms with E-state index in [-0.39, 0.29) is 16.3 Å². The van der Waals surface area contributed by atoms with Crippen LogP contribution in [0.4, 0.5) is 17.1 Å². The van der Waals surface area contributed by atoms with Crippen LogP contribution in [0.2, 0.25) is 0 Å². The van der Waals surface area contributed by atoms with Crippen molar-refractivity contribution in [1.29, 1.82) is 0 Å². The van der Waals surface area contributed by atoms with Crippen LogP contribution in [0.3, 0.4) is 0 Å². The molecule has 69 heavy (non-hydrogen) atoms. The summed E-state index contributed by atoms with van der Waals surface area (Å²) >= 11 is 0. The van der Waals surface area contributed by atoms with Crippen LogP contribution in [0, 0.1) is 0 Å². The van der Waals surface area contributed by atoms with Crippen LogP contribution in [0.1, 0.15) is 196 Å². The van der Waals surface area contributed by atoms with E-state index in [4.69, 9.17) is 0 Å². The monoisotopic (exact) mass is 934 g/mol. The maximum Gasteiger partial charge on any atom is 0.194 e. The second-order valence-corrected chi connectivity index (χ2v) is 20.8. The lowest BCUT2D eigenvalue weighted by molar-refractivity contribution is 0.609. The maximum atomic E-state index is 15.3. The van der Waals surface area contributed by atoms with Gasteiger partial charge in [-0.2, -0.15) is 0 Å². The number of unbranched alkanes of at least 4 members (excludes halogenated alkanes) is 18. The van der Waals surface area contributed by atoms with Crippen molar-refractivity contribution in [3.05, 3.63) is 85.3 Å². The first-order chi connectivity index (χ1) is 33.8. The molecule has 0 aromatic heterocycles. The molecule has 0 aliphatic heterocycles. The van der Waals surface area contributed by atoms with Crippen LogP contribution in [0.25, 0.3) is 64.6 Å². The minimum Gasteiger partial charge on any atom is -0.372 e. The number of benzene rings is 4. The van der Waals surface area contributed by atoms with E-state index in [1.54, 1.807) is 0 Å². The van der Waals surface area contributed by atoms with Crippen LogP contribution in [-0.2, 0) is 0 Å². The van der Waals surface area contributed by atoms with Gasteiger partial charge in [0.1, 0.15) is 0 Å². The second-order valence-electron chi connectivity index (χ2n) is 20.8. The van der Waals surface area contributed by atoms with Gasteiger partial charge in [-0.3, -0.25) is 14.4 Å². The summed E-state index contributed by atoms with van der Waals surface area (Å²) in [6.45, 7) is 19.4. The topological polar surface area (TPSA) is 60.9 Å². The fourth-order valence-corrected chi connectivity index (χ4v) is 11.5. The molecule has 0 N–H and O–H groups in total. The molecule has 0 radical (unpaired) electrons. The molecule has 0 atom stereocenters. The third-order valence-electron chi connectivity index (χ3n) is 15.5. The van der Waals surface area contributed by atoms with Crippen molar-refractivity contribution in [3.8, 4) is 0 Å². The zero-order chi connectivity index (χ0) is 48.7. The van der Waals surface area contributed by atoms with Gasteiger partial charge < -0.3 is 14.7 Å². The summed E-state index contributed by atoms with van der Waals surface area (Å²) in [6, 6.07) is 19.2. The molecule has 0 aliphatic carbocycles. The predicted octanol–water partition coefficient (Wildman–Crippen LogP) is 16.9. The average molecular weight is 934 g/mol. The van der Waals surface area contributed by atoms with Crippen molar-refractivity contribution in [2.24, 2.45) is 0 Å². The highest BCUT2D eigenvalue weighted by Crippen LogP contribution is 2.45. The van der Waals surface area contributed by atoms with Gasteiger partial charge in [0.2, 0.25) is 0 Å². The van der Waals surface area contributed by atoms with Gasteiger partial charge in [0.15, 0.2) is 16.3 Å². The summed E-state index contributed by atoms with van der Waals surface area (Å²) in [6.07, 6.45) is 28.4. The molecule has 0 aliphatic rings. The lowest BCUT2D eigenvalue weighted by Gasteiger charge is -2.25. The van der Waals surface area contributed by atoms with E-state index in [1.807, 2.05) is 18.2 Å². The molecule has 0 unspecified atom stereocenters. The zero-order valence-corrected chi connectivity index (χ0v) is 44.0. The largest absolute Gasteiger partial charge is 0.372 e. The molecule has 7 aromatic rings. The van der Waals surface area contributed by atoms with E-state index < -0.39 is 0 Å². The number of hydrogen-bond acceptors (Lipinski definition) is 6. The lowest BCUT2D eigenvalue weighted by Crippen LogP contribution is -2.25. The molecule has 0 fully saturated rings. The third-order valence-corrected chi connectivity index (χ3v) is 15.5. The Hall–Kier alpha value is -4.71. The lowest BCUT2D eigenvalue weighted by atomic mass is 9.99. The Morgan fingerprint density at radius 3 is 0.681 bits per heavy atom. The first-order valence-electron chi connectivity index (χ1n) is 28.4. The van der Waals surface area contributed by atoms with E-state index in [0.29, 0.717) is 32.3 Å². The van der Waals surface area contributed by atoms with Crippen molar-refractivity contribution in [2.75, 3.05) is 54.0 Å². The molecular formula is C63H87N3O3. The molecule has 7 aromatic carbocycles. The SMILES string of the molecule is CCCCCCN(CCCCCC)c1ccc2c(=O)c3c(c2c1)c1c(=O)c2ccc(N(CCCCCC)CCCCCC)cc2c1c1c(=O)c2ccc(N(CCCCCC)CCCCCC)cc2c31. The third kappa shape index (κ3) is 11.7. The van der Waals surface area contributed by atoms with Crippen molar-refractivity contribution >= 4 is 81.7 Å². The van der Waals surface area contributed by atoms with E-state index in [2.05, 4.69) is 92.6 Å². The Balaban J connectivity index is 1.51. The molecule has 0 saturated carbocycles. The van der Waals surface area contributed by atoms with Gasteiger partial charge in [-0.25, -0.2) is 0 Å². The molecule has 0 heterocycles. The normalized spacial score (nSPS) is 12.1. The second kappa shape index (κ2) is 25.9. The number of rotatable bonds is 33. The minimum absolute atomic E-state index is 0.0696. The quantitative estimate of drug-likeness (QED) is 0.0383. The Labute approximate surface area is 414 Å². The summed E-state index contributed by atoms with van der Waals surface area (Å²) in [5, 5.41) is 8.32. The smallest absolute Gasteiger partial charge is 0.194 e. The van der Waals surface area contributed by atoms with Gasteiger partial charge in [-0.15, -0.1) is 0 Å². The Bertz CT molecular complexity index is 2500. The fraction of sp³-hybridized carbons (Fsp3) is 0.571. The summed E-state index contributed by atoms with van der Waals surface area (Å²) in [7, 11) is 0. The summed E-state index contributed by atoms with van der Waals surface area (Å²) < 4.78 is 0. The maximum absolute atomic E-state index is 15.3. The van der Waals surface area contributed by atoms with Crippen LogP contribution in [0.15, 0.2) is 69.0 Å². The predicted molar refractivity (Wildman–Crippen MR) is 305 cm³/mol. The summed E-state index contributed by atoms with van der Waals surface area (Å²) in [4.78, 5) is 53.5. The fourth-order valence-electron chi connectivity index (χ4n) is 11.5. The number of hydrogen-bond donors (Lipinski definition) is 0. The molecule has 0 amide bonds. The first kappa shape index (κ1) is 52.1. The van der Waals surface area contributed by atoms with Crippen LogP contribution in [-0.4, -0.2) is 39.3 Å². The highest BCUT2D eigenvalue weighted by molar-refractivity contribution is 6.43. The standard InChI is InChI=1S/C63H87N3O3/c1-7-13-19-25-37-64(38-26-20-14-8-2)46-31-34-49-52(43-46)55-58(61(49)67)56-54-45-48(66(41-29-23-17-11-5)42-30-24-18-12-6)33-36-51(54)63(69)60(56)57-53-44-47(32-35-50(53)62(68)59(55)57)65(39-27-21-15-9-3)40-28-22-16-10-4/h31-36,43-45H,7-30,37-42H2,1-6H3. The Morgan fingerprint density at radius 2 is 0.478 bits per heavy atom. The molecule has 0 bridgehead atoms. The van der Waals surface area contributed by atoms with Crippen LogP contribution < -0.4 is 31.0 Å². The van der Waals surface area contributed by atoms with Crippen molar-refractivity contribution in [3.63, 3.8) is 0 Å². The Kier molecular flexibility index (Phi) is 19.6. The molecular weight excluding hydrogens is 847 g/mol.